The fourth-order valence-electron chi connectivity index (χ4n) is 1.76. The quantitative estimate of drug-likeness (QED) is 0.795. The fourth-order valence-corrected chi connectivity index (χ4v) is 2.14. The second kappa shape index (κ2) is 4.23. The van der Waals surface area contributed by atoms with E-state index in [1.807, 2.05) is 4.90 Å². The Balaban J connectivity index is 2.21. The van der Waals surface area contributed by atoms with Crippen LogP contribution in [0.15, 0.2) is 22.7 Å². The standard InChI is InChI=1S/C11H13BrN2O/c12-9-7-8(3-4-10(9)13)11(15)14-5-1-2-6-14/h3-4,7H,1-2,5-6,13H2. The first-order valence-corrected chi connectivity index (χ1v) is 5.82. The highest BCUT2D eigenvalue weighted by molar-refractivity contribution is 9.10. The van der Waals surface area contributed by atoms with Crippen molar-refractivity contribution in [2.45, 2.75) is 12.8 Å². The Hall–Kier alpha value is -1.03. The minimum atomic E-state index is 0.105. The molecule has 1 aliphatic heterocycles. The Labute approximate surface area is 97.4 Å². The molecule has 0 aliphatic carbocycles. The molecule has 4 heteroatoms. The van der Waals surface area contributed by atoms with Gasteiger partial charge in [-0.2, -0.15) is 0 Å². The number of rotatable bonds is 1. The molecule has 1 aromatic carbocycles. The lowest BCUT2D eigenvalue weighted by Crippen LogP contribution is -2.27. The molecular formula is C11H13BrN2O. The number of hydrogen-bond acceptors (Lipinski definition) is 2. The van der Waals surface area contributed by atoms with Gasteiger partial charge in [0.25, 0.3) is 5.91 Å². The van der Waals surface area contributed by atoms with Crippen LogP contribution < -0.4 is 5.73 Å². The number of carbonyl (C=O) groups is 1. The molecule has 1 aromatic rings. The first-order chi connectivity index (χ1) is 7.18. The molecule has 0 atom stereocenters. The number of hydrogen-bond donors (Lipinski definition) is 1. The maximum Gasteiger partial charge on any atom is 0.253 e. The van der Waals surface area contributed by atoms with E-state index in [0.717, 1.165) is 30.4 Å². The van der Waals surface area contributed by atoms with Gasteiger partial charge in [0.2, 0.25) is 0 Å². The summed E-state index contributed by atoms with van der Waals surface area (Å²) in [5.74, 6) is 0.105. The number of halogens is 1. The lowest BCUT2D eigenvalue weighted by molar-refractivity contribution is 0.0793. The molecule has 0 aromatic heterocycles. The average molecular weight is 269 g/mol. The Bertz CT molecular complexity index is 386. The monoisotopic (exact) mass is 268 g/mol. The molecule has 1 fully saturated rings. The molecule has 1 amide bonds. The van der Waals surface area contributed by atoms with Gasteiger partial charge >= 0.3 is 0 Å². The topological polar surface area (TPSA) is 46.3 Å². The zero-order valence-corrected chi connectivity index (χ0v) is 9.96. The van der Waals surface area contributed by atoms with E-state index in [1.54, 1.807) is 18.2 Å². The predicted octanol–water partition coefficient (Wildman–Crippen LogP) is 2.27. The van der Waals surface area contributed by atoms with E-state index in [0.29, 0.717) is 11.3 Å². The third-order valence-corrected chi connectivity index (χ3v) is 3.33. The second-order valence-corrected chi connectivity index (χ2v) is 4.59. The highest BCUT2D eigenvalue weighted by Crippen LogP contribution is 2.22. The van der Waals surface area contributed by atoms with Crippen molar-refractivity contribution in [2.75, 3.05) is 18.8 Å². The minimum absolute atomic E-state index is 0.105. The van der Waals surface area contributed by atoms with Gasteiger partial charge in [-0.1, -0.05) is 0 Å². The molecule has 0 unspecified atom stereocenters. The molecule has 3 nitrogen and oxygen atoms in total. The Morgan fingerprint density at radius 3 is 2.60 bits per heavy atom. The summed E-state index contributed by atoms with van der Waals surface area (Å²) in [7, 11) is 0. The normalized spacial score (nSPS) is 15.7. The first kappa shape index (κ1) is 10.5. The van der Waals surface area contributed by atoms with Crippen molar-refractivity contribution in [3.8, 4) is 0 Å². The van der Waals surface area contributed by atoms with E-state index >= 15 is 0 Å². The Morgan fingerprint density at radius 1 is 1.33 bits per heavy atom. The largest absolute Gasteiger partial charge is 0.398 e. The van der Waals surface area contributed by atoms with Crippen LogP contribution in [0.5, 0.6) is 0 Å². The van der Waals surface area contributed by atoms with Crippen molar-refractivity contribution in [3.05, 3.63) is 28.2 Å². The molecule has 1 saturated heterocycles. The number of nitrogens with zero attached hydrogens (tertiary/aromatic N) is 1. The van der Waals surface area contributed by atoms with Gasteiger partial charge in [0.1, 0.15) is 0 Å². The van der Waals surface area contributed by atoms with Gasteiger partial charge in [-0.15, -0.1) is 0 Å². The van der Waals surface area contributed by atoms with Crippen molar-refractivity contribution < 1.29 is 4.79 Å². The summed E-state index contributed by atoms with van der Waals surface area (Å²) in [6.07, 6.45) is 2.23. The van der Waals surface area contributed by atoms with E-state index in [1.165, 1.54) is 0 Å². The molecule has 0 spiro atoms. The van der Waals surface area contributed by atoms with Crippen LogP contribution >= 0.6 is 15.9 Å². The number of nitrogen functional groups attached to an aromatic ring is 1. The lowest BCUT2D eigenvalue weighted by atomic mass is 10.2. The summed E-state index contributed by atoms with van der Waals surface area (Å²) in [4.78, 5) is 13.9. The third-order valence-electron chi connectivity index (χ3n) is 2.64. The van der Waals surface area contributed by atoms with E-state index < -0.39 is 0 Å². The maximum atomic E-state index is 12.0. The van der Waals surface area contributed by atoms with Crippen LogP contribution in [-0.4, -0.2) is 23.9 Å². The summed E-state index contributed by atoms with van der Waals surface area (Å²) < 4.78 is 0.785. The predicted molar refractivity (Wildman–Crippen MR) is 63.7 cm³/mol. The lowest BCUT2D eigenvalue weighted by Gasteiger charge is -2.15. The highest BCUT2D eigenvalue weighted by atomic mass is 79.9. The van der Waals surface area contributed by atoms with Gasteiger partial charge in [0.15, 0.2) is 0 Å². The number of carbonyl (C=O) groups excluding carboxylic acids is 1. The second-order valence-electron chi connectivity index (χ2n) is 3.74. The SMILES string of the molecule is Nc1ccc(C(=O)N2CCCC2)cc1Br. The number of benzene rings is 1. The van der Waals surface area contributed by atoms with Gasteiger partial charge < -0.3 is 10.6 Å². The average Bonchev–Trinajstić information content (AvgIpc) is 2.74. The van der Waals surface area contributed by atoms with Gasteiger partial charge in [0.05, 0.1) is 0 Å². The third kappa shape index (κ3) is 2.15. The van der Waals surface area contributed by atoms with Crippen LogP contribution in [-0.2, 0) is 0 Å². The van der Waals surface area contributed by atoms with Gasteiger partial charge in [0, 0.05) is 28.8 Å². The summed E-state index contributed by atoms with van der Waals surface area (Å²) in [5.41, 5.74) is 7.04. The smallest absolute Gasteiger partial charge is 0.253 e. The molecule has 15 heavy (non-hydrogen) atoms. The number of anilines is 1. The van der Waals surface area contributed by atoms with E-state index in [9.17, 15) is 4.79 Å². The van der Waals surface area contributed by atoms with E-state index in [4.69, 9.17) is 5.73 Å². The molecule has 2 rings (SSSR count). The number of nitrogens with two attached hydrogens (primary N) is 1. The highest BCUT2D eigenvalue weighted by Gasteiger charge is 2.19. The van der Waals surface area contributed by atoms with Gasteiger partial charge in [-0.05, 0) is 47.0 Å². The van der Waals surface area contributed by atoms with Gasteiger partial charge in [-0.25, -0.2) is 0 Å². The maximum absolute atomic E-state index is 12.0. The van der Waals surface area contributed by atoms with Crippen molar-refractivity contribution in [1.82, 2.24) is 4.90 Å². The van der Waals surface area contributed by atoms with Crippen LogP contribution in [0.1, 0.15) is 23.2 Å². The molecule has 0 saturated carbocycles. The number of likely N-dealkylation sites (tertiary alicyclic amines) is 1. The van der Waals surface area contributed by atoms with Crippen LogP contribution in [0, 0.1) is 0 Å². The molecule has 0 radical (unpaired) electrons. The van der Waals surface area contributed by atoms with Crippen LogP contribution in [0.3, 0.4) is 0 Å². The fraction of sp³-hybridized carbons (Fsp3) is 0.364. The molecule has 2 N–H and O–H groups in total. The summed E-state index contributed by atoms with van der Waals surface area (Å²) >= 11 is 3.33. The molecule has 1 heterocycles. The Kier molecular flexibility index (Phi) is 2.95. The van der Waals surface area contributed by atoms with Crippen LogP contribution in [0.2, 0.25) is 0 Å². The van der Waals surface area contributed by atoms with Crippen molar-refractivity contribution >= 4 is 27.5 Å². The van der Waals surface area contributed by atoms with Crippen molar-refractivity contribution in [3.63, 3.8) is 0 Å². The van der Waals surface area contributed by atoms with Gasteiger partial charge in [-0.3, -0.25) is 4.79 Å². The summed E-state index contributed by atoms with van der Waals surface area (Å²) in [6.45, 7) is 1.75. The van der Waals surface area contributed by atoms with Crippen LogP contribution in [0.25, 0.3) is 0 Å². The molecular weight excluding hydrogens is 256 g/mol. The number of amides is 1. The van der Waals surface area contributed by atoms with E-state index in [-0.39, 0.29) is 5.91 Å². The van der Waals surface area contributed by atoms with E-state index in [2.05, 4.69) is 15.9 Å². The zero-order valence-electron chi connectivity index (χ0n) is 8.37. The molecule has 0 bridgehead atoms. The van der Waals surface area contributed by atoms with Crippen molar-refractivity contribution in [1.29, 1.82) is 0 Å². The minimum Gasteiger partial charge on any atom is -0.398 e. The van der Waals surface area contributed by atoms with Crippen molar-refractivity contribution in [2.24, 2.45) is 0 Å². The summed E-state index contributed by atoms with van der Waals surface area (Å²) in [6, 6.07) is 5.32. The van der Waals surface area contributed by atoms with Crippen LogP contribution in [0.4, 0.5) is 5.69 Å². The first-order valence-electron chi connectivity index (χ1n) is 5.03. The Morgan fingerprint density at radius 2 is 2.00 bits per heavy atom. The summed E-state index contributed by atoms with van der Waals surface area (Å²) in [5, 5.41) is 0. The molecule has 1 aliphatic rings. The molecule has 80 valence electrons. The zero-order chi connectivity index (χ0) is 10.8.